The van der Waals surface area contributed by atoms with Crippen molar-refractivity contribution in [3.63, 3.8) is 0 Å². The van der Waals surface area contributed by atoms with E-state index in [9.17, 15) is 10.1 Å². The highest BCUT2D eigenvalue weighted by atomic mass is 16.1. The summed E-state index contributed by atoms with van der Waals surface area (Å²) in [6.07, 6.45) is 1.07. The summed E-state index contributed by atoms with van der Waals surface area (Å²) >= 11 is 0. The Hall–Kier alpha value is -3.11. The van der Waals surface area contributed by atoms with E-state index in [2.05, 4.69) is 23.5 Å². The lowest BCUT2D eigenvalue weighted by atomic mass is 9.97. The van der Waals surface area contributed by atoms with Gasteiger partial charge in [0.15, 0.2) is 0 Å². The third kappa shape index (κ3) is 5.19. The Morgan fingerprint density at radius 1 is 1.08 bits per heavy atom. The second-order valence-electron chi connectivity index (χ2n) is 6.23. The first-order valence-electron chi connectivity index (χ1n) is 8.27. The molecule has 0 saturated heterocycles. The van der Waals surface area contributed by atoms with Gasteiger partial charge in [-0.3, -0.25) is 4.79 Å². The summed E-state index contributed by atoms with van der Waals surface area (Å²) in [5.41, 5.74) is 3.81. The Morgan fingerprint density at radius 3 is 2.36 bits per heavy atom. The minimum atomic E-state index is -0.743. The lowest BCUT2D eigenvalue weighted by molar-refractivity contribution is -0.123. The molecule has 0 aromatic heterocycles. The maximum atomic E-state index is 12.4. The fourth-order valence-electron chi connectivity index (χ4n) is 2.71. The van der Waals surface area contributed by atoms with Gasteiger partial charge in [-0.15, -0.1) is 0 Å². The standard InChI is InChI=1S/C21H21N3O/c1-15-5-3-4-6-19(15)11-16(2)24-21(25)20(14-23)12-17-7-9-18(13-22)10-8-17/h3-10,16,20H,11-12H2,1-2H3,(H,24,25). The molecule has 0 aliphatic carbocycles. The number of hydrogen-bond donors (Lipinski definition) is 1. The highest BCUT2D eigenvalue weighted by molar-refractivity contribution is 5.81. The van der Waals surface area contributed by atoms with E-state index < -0.39 is 5.92 Å². The molecule has 2 atom stereocenters. The first kappa shape index (κ1) is 18.2. The van der Waals surface area contributed by atoms with Gasteiger partial charge < -0.3 is 5.32 Å². The fourth-order valence-corrected chi connectivity index (χ4v) is 2.71. The highest BCUT2D eigenvalue weighted by Crippen LogP contribution is 2.12. The number of nitriles is 2. The number of rotatable bonds is 6. The molecule has 0 saturated carbocycles. The van der Waals surface area contributed by atoms with Crippen LogP contribution in [0.3, 0.4) is 0 Å². The average Bonchev–Trinajstić information content (AvgIpc) is 2.62. The molecule has 0 heterocycles. The van der Waals surface area contributed by atoms with Gasteiger partial charge in [-0.05, 0) is 55.5 Å². The number of benzene rings is 2. The van der Waals surface area contributed by atoms with Gasteiger partial charge in [0.1, 0.15) is 5.92 Å². The van der Waals surface area contributed by atoms with Crippen molar-refractivity contribution in [3.8, 4) is 12.1 Å². The molecule has 0 aliphatic rings. The molecule has 2 rings (SSSR count). The van der Waals surface area contributed by atoms with E-state index in [1.165, 1.54) is 11.1 Å². The van der Waals surface area contributed by atoms with Crippen molar-refractivity contribution in [2.75, 3.05) is 0 Å². The molecule has 4 nitrogen and oxygen atoms in total. The molecule has 1 N–H and O–H groups in total. The second kappa shape index (κ2) is 8.66. The molecule has 2 aromatic carbocycles. The number of hydrogen-bond acceptors (Lipinski definition) is 3. The second-order valence-corrected chi connectivity index (χ2v) is 6.23. The number of aryl methyl sites for hydroxylation is 1. The van der Waals surface area contributed by atoms with Crippen molar-refractivity contribution in [2.45, 2.75) is 32.7 Å². The lowest BCUT2D eigenvalue weighted by Crippen LogP contribution is -2.38. The lowest BCUT2D eigenvalue weighted by Gasteiger charge is -2.17. The Balaban J connectivity index is 1.96. The topological polar surface area (TPSA) is 76.7 Å². The summed E-state index contributed by atoms with van der Waals surface area (Å²) in [6, 6.07) is 19.1. The molecule has 0 bridgehead atoms. The highest BCUT2D eigenvalue weighted by Gasteiger charge is 2.20. The minimum absolute atomic E-state index is 0.0505. The summed E-state index contributed by atoms with van der Waals surface area (Å²) < 4.78 is 0. The molecular weight excluding hydrogens is 310 g/mol. The Morgan fingerprint density at radius 2 is 1.76 bits per heavy atom. The molecule has 2 aromatic rings. The third-order valence-corrected chi connectivity index (χ3v) is 4.17. The summed E-state index contributed by atoms with van der Waals surface area (Å²) in [6.45, 7) is 3.99. The monoisotopic (exact) mass is 331 g/mol. The van der Waals surface area contributed by atoms with Gasteiger partial charge in [0.2, 0.25) is 5.91 Å². The smallest absolute Gasteiger partial charge is 0.237 e. The van der Waals surface area contributed by atoms with E-state index in [1.54, 1.807) is 24.3 Å². The molecule has 2 unspecified atom stereocenters. The number of carbonyl (C=O) groups is 1. The van der Waals surface area contributed by atoms with Gasteiger partial charge in [0.05, 0.1) is 17.7 Å². The van der Waals surface area contributed by atoms with Crippen LogP contribution in [0.4, 0.5) is 0 Å². The molecule has 0 spiro atoms. The summed E-state index contributed by atoms with van der Waals surface area (Å²) in [4.78, 5) is 12.4. The Labute approximate surface area is 148 Å². The molecule has 1 amide bonds. The minimum Gasteiger partial charge on any atom is -0.352 e. The zero-order valence-electron chi connectivity index (χ0n) is 14.5. The zero-order chi connectivity index (χ0) is 18.2. The van der Waals surface area contributed by atoms with Crippen molar-refractivity contribution >= 4 is 5.91 Å². The number of carbonyl (C=O) groups excluding carboxylic acids is 1. The predicted octanol–water partition coefficient (Wildman–Crippen LogP) is 3.30. The first-order chi connectivity index (χ1) is 12.0. The van der Waals surface area contributed by atoms with E-state index in [-0.39, 0.29) is 11.9 Å². The number of amides is 1. The SMILES string of the molecule is Cc1ccccc1CC(C)NC(=O)C(C#N)Cc1ccc(C#N)cc1. The van der Waals surface area contributed by atoms with Crippen LogP contribution in [0.2, 0.25) is 0 Å². The average molecular weight is 331 g/mol. The Kier molecular flexibility index (Phi) is 6.32. The molecule has 126 valence electrons. The first-order valence-corrected chi connectivity index (χ1v) is 8.27. The molecule has 25 heavy (non-hydrogen) atoms. The molecule has 4 heteroatoms. The summed E-state index contributed by atoms with van der Waals surface area (Å²) in [7, 11) is 0. The molecular formula is C21H21N3O. The van der Waals surface area contributed by atoms with Crippen LogP contribution in [-0.2, 0) is 17.6 Å². The van der Waals surface area contributed by atoms with Gasteiger partial charge in [0.25, 0.3) is 0 Å². The maximum Gasteiger partial charge on any atom is 0.237 e. The van der Waals surface area contributed by atoms with Crippen LogP contribution in [0.15, 0.2) is 48.5 Å². The number of nitrogens with one attached hydrogen (secondary N) is 1. The van der Waals surface area contributed by atoms with Crippen molar-refractivity contribution in [1.82, 2.24) is 5.32 Å². The maximum absolute atomic E-state index is 12.4. The van der Waals surface area contributed by atoms with Gasteiger partial charge in [-0.1, -0.05) is 36.4 Å². The van der Waals surface area contributed by atoms with Gasteiger partial charge >= 0.3 is 0 Å². The van der Waals surface area contributed by atoms with E-state index in [0.29, 0.717) is 12.0 Å². The quantitative estimate of drug-likeness (QED) is 0.882. The van der Waals surface area contributed by atoms with Crippen LogP contribution in [0.5, 0.6) is 0 Å². The van der Waals surface area contributed by atoms with Gasteiger partial charge in [0, 0.05) is 6.04 Å². The van der Waals surface area contributed by atoms with Crippen molar-refractivity contribution < 1.29 is 4.79 Å². The van der Waals surface area contributed by atoms with Crippen molar-refractivity contribution in [3.05, 3.63) is 70.8 Å². The van der Waals surface area contributed by atoms with Crippen LogP contribution < -0.4 is 5.32 Å². The van der Waals surface area contributed by atoms with E-state index in [0.717, 1.165) is 12.0 Å². The third-order valence-electron chi connectivity index (χ3n) is 4.17. The van der Waals surface area contributed by atoms with E-state index in [1.807, 2.05) is 32.0 Å². The van der Waals surface area contributed by atoms with Crippen LogP contribution in [-0.4, -0.2) is 11.9 Å². The fraction of sp³-hybridized carbons (Fsp3) is 0.286. The molecule has 0 aliphatic heterocycles. The van der Waals surface area contributed by atoms with Crippen molar-refractivity contribution in [2.24, 2.45) is 5.92 Å². The summed E-state index contributed by atoms with van der Waals surface area (Å²) in [5, 5.41) is 21.1. The van der Waals surface area contributed by atoms with E-state index in [4.69, 9.17) is 5.26 Å². The molecule has 0 radical (unpaired) electrons. The van der Waals surface area contributed by atoms with E-state index >= 15 is 0 Å². The molecule has 0 fully saturated rings. The number of nitrogens with zero attached hydrogens (tertiary/aromatic N) is 2. The zero-order valence-corrected chi connectivity index (χ0v) is 14.5. The Bertz CT molecular complexity index is 812. The normalized spacial score (nSPS) is 12.5. The summed E-state index contributed by atoms with van der Waals surface area (Å²) in [5.74, 6) is -1.000. The van der Waals surface area contributed by atoms with Crippen LogP contribution in [0.1, 0.15) is 29.2 Å². The predicted molar refractivity (Wildman–Crippen MR) is 96.5 cm³/mol. The largest absolute Gasteiger partial charge is 0.352 e. The van der Waals surface area contributed by atoms with Gasteiger partial charge in [-0.25, -0.2) is 0 Å². The van der Waals surface area contributed by atoms with Gasteiger partial charge in [-0.2, -0.15) is 10.5 Å². The van der Waals surface area contributed by atoms with Crippen molar-refractivity contribution in [1.29, 1.82) is 10.5 Å². The van der Waals surface area contributed by atoms with Crippen LogP contribution in [0, 0.1) is 35.5 Å². The van der Waals surface area contributed by atoms with Crippen LogP contribution in [0.25, 0.3) is 0 Å². The van der Waals surface area contributed by atoms with Crippen LogP contribution >= 0.6 is 0 Å².